The number of amides is 2. The zero-order chi connectivity index (χ0) is 32.8. The molecule has 0 spiro atoms. The molecule has 0 unspecified atom stereocenters. The Kier molecular flexibility index (Phi) is 10.6. The van der Waals surface area contributed by atoms with Crippen molar-refractivity contribution in [2.75, 3.05) is 17.9 Å². The van der Waals surface area contributed by atoms with Crippen molar-refractivity contribution in [1.82, 2.24) is 10.2 Å². The molecule has 1 atom stereocenters. The second-order valence-electron chi connectivity index (χ2n) is 10.3. The van der Waals surface area contributed by atoms with Gasteiger partial charge in [0.2, 0.25) is 11.8 Å². The Hall–Kier alpha value is -4.35. The highest BCUT2D eigenvalue weighted by atomic mass is 35.5. The minimum Gasteiger partial charge on any atom is -0.357 e. The Morgan fingerprint density at radius 3 is 2.13 bits per heavy atom. The molecule has 0 aliphatic heterocycles. The number of halogens is 4. The third kappa shape index (κ3) is 8.43. The number of aryl methyl sites for hydroxylation is 1. The number of nitrogens with one attached hydrogen (secondary N) is 1. The molecule has 0 saturated heterocycles. The topological polar surface area (TPSA) is 86.8 Å². The first-order valence-electron chi connectivity index (χ1n) is 13.9. The van der Waals surface area contributed by atoms with Gasteiger partial charge in [0.15, 0.2) is 0 Å². The SMILES string of the molecule is CNC(=O)[C@H](Cc1ccccc1)N(Cc1cccc(Cl)c1)C(=O)CN(c1cccc(C(F)(F)F)c1)S(=O)(=O)c1ccc(C)cc1. The summed E-state index contributed by atoms with van der Waals surface area (Å²) < 4.78 is 69.7. The van der Waals surface area contributed by atoms with Gasteiger partial charge < -0.3 is 10.2 Å². The molecular formula is C33H31ClF3N3O4S. The van der Waals surface area contributed by atoms with Gasteiger partial charge in [0.05, 0.1) is 16.1 Å². The van der Waals surface area contributed by atoms with E-state index in [4.69, 9.17) is 11.6 Å². The van der Waals surface area contributed by atoms with E-state index in [0.717, 1.165) is 23.3 Å². The van der Waals surface area contributed by atoms with Crippen LogP contribution in [0.15, 0.2) is 108 Å². The fraction of sp³-hybridized carbons (Fsp3) is 0.212. The average Bonchev–Trinajstić information content (AvgIpc) is 3.01. The van der Waals surface area contributed by atoms with Gasteiger partial charge >= 0.3 is 6.18 Å². The van der Waals surface area contributed by atoms with Crippen LogP contribution in [0, 0.1) is 6.92 Å². The average molecular weight is 658 g/mol. The van der Waals surface area contributed by atoms with Crippen LogP contribution in [0.1, 0.15) is 22.3 Å². The fourth-order valence-electron chi connectivity index (χ4n) is 4.76. The summed E-state index contributed by atoms with van der Waals surface area (Å²) in [4.78, 5) is 28.6. The highest BCUT2D eigenvalue weighted by Crippen LogP contribution is 2.33. The van der Waals surface area contributed by atoms with E-state index >= 15 is 0 Å². The molecule has 2 amide bonds. The first kappa shape index (κ1) is 33.5. The molecule has 12 heteroatoms. The molecule has 7 nitrogen and oxygen atoms in total. The number of carbonyl (C=O) groups excluding carboxylic acids is 2. The van der Waals surface area contributed by atoms with Crippen LogP contribution in [0.5, 0.6) is 0 Å². The molecule has 0 radical (unpaired) electrons. The summed E-state index contributed by atoms with van der Waals surface area (Å²) in [5, 5.41) is 2.95. The lowest BCUT2D eigenvalue weighted by molar-refractivity contribution is -0.139. The Morgan fingerprint density at radius 2 is 1.51 bits per heavy atom. The van der Waals surface area contributed by atoms with Crippen LogP contribution in [0.2, 0.25) is 5.02 Å². The summed E-state index contributed by atoms with van der Waals surface area (Å²) in [7, 11) is -3.14. The summed E-state index contributed by atoms with van der Waals surface area (Å²) in [6, 6.07) is 24.0. The van der Waals surface area contributed by atoms with Crippen LogP contribution in [0.3, 0.4) is 0 Å². The van der Waals surface area contributed by atoms with E-state index in [-0.39, 0.29) is 23.5 Å². The van der Waals surface area contributed by atoms with Crippen molar-refractivity contribution < 1.29 is 31.2 Å². The maximum atomic E-state index is 14.3. The van der Waals surface area contributed by atoms with Crippen molar-refractivity contribution in [2.24, 2.45) is 0 Å². The van der Waals surface area contributed by atoms with E-state index in [9.17, 15) is 31.2 Å². The standard InChI is InChI=1S/C33H31ClF3N3O4S/c1-23-14-16-29(17-15-23)45(43,44)40(28-13-7-11-26(20-28)33(35,36)37)22-31(41)39(21-25-10-6-12-27(34)18-25)30(32(42)38-2)19-24-8-4-3-5-9-24/h3-18,20,30H,19,21-22H2,1-2H3,(H,38,42)/t30-/m0/s1. The Morgan fingerprint density at radius 1 is 0.867 bits per heavy atom. The van der Waals surface area contributed by atoms with Crippen molar-refractivity contribution in [3.05, 3.63) is 130 Å². The number of rotatable bonds is 11. The number of benzene rings is 4. The largest absolute Gasteiger partial charge is 0.416 e. The molecule has 0 aliphatic rings. The van der Waals surface area contributed by atoms with E-state index in [0.29, 0.717) is 21.0 Å². The lowest BCUT2D eigenvalue weighted by Gasteiger charge is -2.33. The van der Waals surface area contributed by atoms with Gasteiger partial charge in [0, 0.05) is 25.0 Å². The zero-order valence-electron chi connectivity index (χ0n) is 24.5. The van der Waals surface area contributed by atoms with Crippen LogP contribution in [0.25, 0.3) is 0 Å². The molecule has 4 aromatic carbocycles. The molecule has 0 heterocycles. The number of nitrogens with zero attached hydrogens (tertiary/aromatic N) is 2. The molecule has 0 aromatic heterocycles. The van der Waals surface area contributed by atoms with Crippen LogP contribution in [0.4, 0.5) is 18.9 Å². The number of sulfonamides is 1. The molecule has 0 bridgehead atoms. The fourth-order valence-corrected chi connectivity index (χ4v) is 6.38. The van der Waals surface area contributed by atoms with Gasteiger partial charge in [-0.05, 0) is 60.5 Å². The molecule has 0 saturated carbocycles. The normalized spacial score (nSPS) is 12.3. The minimum atomic E-state index is -4.77. The number of carbonyl (C=O) groups is 2. The van der Waals surface area contributed by atoms with Gasteiger partial charge in [-0.1, -0.05) is 77.8 Å². The van der Waals surface area contributed by atoms with E-state index < -0.39 is 46.2 Å². The molecule has 236 valence electrons. The number of hydrogen-bond donors (Lipinski definition) is 1. The van der Waals surface area contributed by atoms with Crippen molar-refractivity contribution in [3.63, 3.8) is 0 Å². The second kappa shape index (κ2) is 14.2. The zero-order valence-corrected chi connectivity index (χ0v) is 26.0. The maximum absolute atomic E-state index is 14.3. The number of hydrogen-bond acceptors (Lipinski definition) is 4. The van der Waals surface area contributed by atoms with Gasteiger partial charge in [-0.15, -0.1) is 0 Å². The summed E-state index contributed by atoms with van der Waals surface area (Å²) in [6.07, 6.45) is -4.68. The Bertz CT molecular complexity index is 1750. The highest BCUT2D eigenvalue weighted by molar-refractivity contribution is 7.92. The van der Waals surface area contributed by atoms with Crippen molar-refractivity contribution in [3.8, 4) is 0 Å². The Labute approximate surface area is 265 Å². The molecule has 1 N–H and O–H groups in total. The van der Waals surface area contributed by atoms with E-state index in [1.807, 2.05) is 0 Å². The molecule has 0 aliphatic carbocycles. The molecule has 45 heavy (non-hydrogen) atoms. The van der Waals surface area contributed by atoms with Crippen LogP contribution in [-0.2, 0) is 38.8 Å². The molecule has 4 aromatic rings. The first-order valence-corrected chi connectivity index (χ1v) is 15.7. The Balaban J connectivity index is 1.83. The first-order chi connectivity index (χ1) is 21.3. The van der Waals surface area contributed by atoms with Crippen LogP contribution >= 0.6 is 11.6 Å². The van der Waals surface area contributed by atoms with Crippen molar-refractivity contribution >= 4 is 39.1 Å². The predicted octanol–water partition coefficient (Wildman–Crippen LogP) is 6.25. The third-order valence-electron chi connectivity index (χ3n) is 7.11. The quantitative estimate of drug-likeness (QED) is 0.207. The summed E-state index contributed by atoms with van der Waals surface area (Å²) in [5.41, 5.74) is 0.611. The lowest BCUT2D eigenvalue weighted by atomic mass is 10.0. The van der Waals surface area contributed by atoms with Crippen molar-refractivity contribution in [2.45, 2.75) is 37.0 Å². The van der Waals surface area contributed by atoms with Gasteiger partial charge in [0.25, 0.3) is 10.0 Å². The minimum absolute atomic E-state index is 0.0844. The van der Waals surface area contributed by atoms with Gasteiger partial charge in [-0.25, -0.2) is 8.42 Å². The van der Waals surface area contributed by atoms with Crippen molar-refractivity contribution in [1.29, 1.82) is 0 Å². The molecule has 0 fully saturated rings. The monoisotopic (exact) mass is 657 g/mol. The van der Waals surface area contributed by atoms with Gasteiger partial charge in [-0.3, -0.25) is 13.9 Å². The van der Waals surface area contributed by atoms with Crippen LogP contribution in [-0.4, -0.2) is 44.8 Å². The van der Waals surface area contributed by atoms with E-state index in [1.165, 1.54) is 30.1 Å². The second-order valence-corrected chi connectivity index (χ2v) is 12.6. The van der Waals surface area contributed by atoms with Gasteiger partial charge in [-0.2, -0.15) is 13.2 Å². The number of alkyl halides is 3. The van der Waals surface area contributed by atoms with E-state index in [2.05, 4.69) is 5.32 Å². The van der Waals surface area contributed by atoms with Crippen LogP contribution < -0.4 is 9.62 Å². The summed E-state index contributed by atoms with van der Waals surface area (Å²) in [5.74, 6) is -1.33. The summed E-state index contributed by atoms with van der Waals surface area (Å²) >= 11 is 6.20. The highest BCUT2D eigenvalue weighted by Gasteiger charge is 2.36. The number of anilines is 1. The van der Waals surface area contributed by atoms with E-state index in [1.54, 1.807) is 73.7 Å². The molecule has 4 rings (SSSR count). The smallest absolute Gasteiger partial charge is 0.357 e. The lowest BCUT2D eigenvalue weighted by Crippen LogP contribution is -2.53. The third-order valence-corrected chi connectivity index (χ3v) is 9.13. The molecular weight excluding hydrogens is 627 g/mol. The number of likely N-dealkylation sites (N-methyl/N-ethyl adjacent to an activating group) is 1. The maximum Gasteiger partial charge on any atom is 0.416 e. The van der Waals surface area contributed by atoms with Gasteiger partial charge in [0.1, 0.15) is 12.6 Å². The predicted molar refractivity (Wildman–Crippen MR) is 167 cm³/mol. The summed E-state index contributed by atoms with van der Waals surface area (Å²) in [6.45, 7) is 0.732.